The molecule has 6 heteroatoms. The third-order valence-corrected chi connectivity index (χ3v) is 3.85. The van der Waals surface area contributed by atoms with E-state index in [0.29, 0.717) is 17.1 Å². The van der Waals surface area contributed by atoms with Gasteiger partial charge in [0.2, 0.25) is 0 Å². The zero-order valence-corrected chi connectivity index (χ0v) is 10.4. The van der Waals surface area contributed by atoms with Crippen molar-refractivity contribution in [1.29, 1.82) is 0 Å². The summed E-state index contributed by atoms with van der Waals surface area (Å²) in [5, 5.41) is 0.617. The van der Waals surface area contributed by atoms with E-state index in [1.807, 2.05) is 0 Å². The first-order valence-corrected chi connectivity index (χ1v) is 6.03. The van der Waals surface area contributed by atoms with Gasteiger partial charge in [-0.2, -0.15) is 0 Å². The molecule has 0 unspecified atom stereocenters. The van der Waals surface area contributed by atoms with E-state index in [-0.39, 0.29) is 4.47 Å². The van der Waals surface area contributed by atoms with Gasteiger partial charge in [-0.05, 0) is 28.1 Å². The van der Waals surface area contributed by atoms with Gasteiger partial charge in [-0.3, -0.25) is 0 Å². The van der Waals surface area contributed by atoms with Crippen molar-refractivity contribution in [3.8, 4) is 10.6 Å². The van der Waals surface area contributed by atoms with E-state index in [0.717, 1.165) is 10.9 Å². The molecular formula is C10H7BrF2N2S. The van der Waals surface area contributed by atoms with Crippen molar-refractivity contribution in [2.24, 2.45) is 5.73 Å². The van der Waals surface area contributed by atoms with Gasteiger partial charge in [-0.1, -0.05) is 0 Å². The molecule has 0 saturated carbocycles. The molecule has 2 rings (SSSR count). The maximum atomic E-state index is 13.3. The first-order valence-electron chi connectivity index (χ1n) is 4.42. The lowest BCUT2D eigenvalue weighted by Gasteiger charge is -2.02. The second-order valence-corrected chi connectivity index (χ2v) is 4.97. The van der Waals surface area contributed by atoms with E-state index in [1.54, 1.807) is 6.20 Å². The van der Waals surface area contributed by atoms with Gasteiger partial charge in [0.05, 0.1) is 4.47 Å². The molecule has 1 aromatic carbocycles. The van der Waals surface area contributed by atoms with Crippen LogP contribution in [0.25, 0.3) is 10.6 Å². The van der Waals surface area contributed by atoms with Crippen molar-refractivity contribution in [2.45, 2.75) is 6.54 Å². The van der Waals surface area contributed by atoms with Gasteiger partial charge in [-0.25, -0.2) is 13.8 Å². The molecule has 0 aliphatic heterocycles. The van der Waals surface area contributed by atoms with Crippen LogP contribution in [0.15, 0.2) is 22.8 Å². The molecule has 2 nitrogen and oxygen atoms in total. The summed E-state index contributed by atoms with van der Waals surface area (Å²) in [4.78, 5) is 5.00. The van der Waals surface area contributed by atoms with Crippen molar-refractivity contribution in [2.75, 3.05) is 0 Å². The van der Waals surface area contributed by atoms with Crippen LogP contribution < -0.4 is 5.73 Å². The third kappa shape index (κ3) is 2.00. The second-order valence-electron chi connectivity index (χ2n) is 3.06. The first kappa shape index (κ1) is 11.6. The van der Waals surface area contributed by atoms with Crippen LogP contribution >= 0.6 is 27.3 Å². The number of hydrogen-bond donors (Lipinski definition) is 1. The number of nitrogens with zero attached hydrogens (tertiary/aromatic N) is 1. The van der Waals surface area contributed by atoms with Gasteiger partial charge in [0.1, 0.15) is 5.01 Å². The average molecular weight is 305 g/mol. The molecule has 0 bridgehead atoms. The Bertz CT molecular complexity index is 528. The quantitative estimate of drug-likeness (QED) is 0.865. The lowest BCUT2D eigenvalue weighted by atomic mass is 10.2. The Kier molecular flexibility index (Phi) is 3.32. The van der Waals surface area contributed by atoms with Gasteiger partial charge in [-0.15, -0.1) is 11.3 Å². The normalized spacial score (nSPS) is 10.8. The summed E-state index contributed by atoms with van der Waals surface area (Å²) < 4.78 is 26.3. The standard InChI is InChI=1S/C10H7BrF2N2S/c11-8-6(1-2-7(12)9(8)13)10-15-4-5(3-14)16-10/h1-2,4H,3,14H2. The van der Waals surface area contributed by atoms with Crippen molar-refractivity contribution in [3.05, 3.63) is 39.3 Å². The Balaban J connectivity index is 2.52. The molecule has 0 fully saturated rings. The smallest absolute Gasteiger partial charge is 0.173 e. The van der Waals surface area contributed by atoms with Gasteiger partial charge >= 0.3 is 0 Å². The Labute approximate surface area is 103 Å². The summed E-state index contributed by atoms with van der Waals surface area (Å²) in [7, 11) is 0. The minimum absolute atomic E-state index is 0.0884. The summed E-state index contributed by atoms with van der Waals surface area (Å²) in [6.45, 7) is 0.388. The van der Waals surface area contributed by atoms with Crippen LogP contribution in [-0.4, -0.2) is 4.98 Å². The molecule has 1 aromatic heterocycles. The lowest BCUT2D eigenvalue weighted by molar-refractivity contribution is 0.505. The number of hydrogen-bond acceptors (Lipinski definition) is 3. The number of halogens is 3. The maximum Gasteiger partial charge on any atom is 0.173 e. The molecule has 0 spiro atoms. The molecule has 0 amide bonds. The summed E-state index contributed by atoms with van der Waals surface area (Å²) >= 11 is 4.38. The number of thiazole rings is 1. The fraction of sp³-hybridized carbons (Fsp3) is 0.100. The summed E-state index contributed by atoms with van der Waals surface area (Å²) in [5.41, 5.74) is 5.99. The van der Waals surface area contributed by atoms with Crippen LogP contribution in [-0.2, 0) is 6.54 Å². The molecular weight excluding hydrogens is 298 g/mol. The molecule has 0 radical (unpaired) electrons. The van der Waals surface area contributed by atoms with Crippen LogP contribution in [0.1, 0.15) is 4.88 Å². The number of nitrogens with two attached hydrogens (primary N) is 1. The lowest BCUT2D eigenvalue weighted by Crippen LogP contribution is -1.91. The Morgan fingerprint density at radius 1 is 1.38 bits per heavy atom. The largest absolute Gasteiger partial charge is 0.326 e. The average Bonchev–Trinajstić information content (AvgIpc) is 2.74. The fourth-order valence-corrected chi connectivity index (χ4v) is 2.68. The Morgan fingerprint density at radius 3 is 2.75 bits per heavy atom. The molecule has 2 N–H and O–H groups in total. The summed E-state index contributed by atoms with van der Waals surface area (Å²) in [6, 6.07) is 2.57. The zero-order chi connectivity index (χ0) is 11.7. The molecule has 0 saturated heterocycles. The monoisotopic (exact) mass is 304 g/mol. The minimum Gasteiger partial charge on any atom is -0.326 e. The predicted octanol–water partition coefficient (Wildman–Crippen LogP) is 3.31. The highest BCUT2D eigenvalue weighted by Crippen LogP contribution is 2.33. The fourth-order valence-electron chi connectivity index (χ4n) is 1.22. The molecule has 0 atom stereocenters. The molecule has 0 aliphatic carbocycles. The number of aromatic nitrogens is 1. The van der Waals surface area contributed by atoms with E-state index < -0.39 is 11.6 Å². The molecule has 0 aliphatic rings. The van der Waals surface area contributed by atoms with E-state index >= 15 is 0 Å². The molecule has 2 aromatic rings. The van der Waals surface area contributed by atoms with Crippen LogP contribution in [0.5, 0.6) is 0 Å². The van der Waals surface area contributed by atoms with E-state index in [9.17, 15) is 8.78 Å². The van der Waals surface area contributed by atoms with Gasteiger partial charge < -0.3 is 5.73 Å². The zero-order valence-electron chi connectivity index (χ0n) is 8.01. The highest BCUT2D eigenvalue weighted by Gasteiger charge is 2.14. The summed E-state index contributed by atoms with van der Waals surface area (Å²) in [5.74, 6) is -1.78. The van der Waals surface area contributed by atoms with Gasteiger partial charge in [0.25, 0.3) is 0 Å². The number of rotatable bonds is 2. The van der Waals surface area contributed by atoms with Gasteiger partial charge in [0.15, 0.2) is 11.6 Å². The Morgan fingerprint density at radius 2 is 2.12 bits per heavy atom. The predicted molar refractivity (Wildman–Crippen MR) is 63.1 cm³/mol. The van der Waals surface area contributed by atoms with Crippen molar-refractivity contribution < 1.29 is 8.78 Å². The number of benzene rings is 1. The first-order chi connectivity index (χ1) is 7.63. The highest BCUT2D eigenvalue weighted by molar-refractivity contribution is 9.10. The second kappa shape index (κ2) is 4.57. The highest BCUT2D eigenvalue weighted by atomic mass is 79.9. The van der Waals surface area contributed by atoms with Gasteiger partial charge in [0, 0.05) is 23.2 Å². The molecule has 1 heterocycles. The Hall–Kier alpha value is -0.850. The maximum absolute atomic E-state index is 13.3. The minimum atomic E-state index is -0.901. The van der Waals surface area contributed by atoms with Crippen LogP contribution in [0.3, 0.4) is 0 Å². The molecule has 84 valence electrons. The van der Waals surface area contributed by atoms with Crippen molar-refractivity contribution >= 4 is 27.3 Å². The topological polar surface area (TPSA) is 38.9 Å². The van der Waals surface area contributed by atoms with E-state index in [4.69, 9.17) is 5.73 Å². The molecule has 16 heavy (non-hydrogen) atoms. The van der Waals surface area contributed by atoms with Crippen LogP contribution in [0, 0.1) is 11.6 Å². The van der Waals surface area contributed by atoms with Crippen LogP contribution in [0.2, 0.25) is 0 Å². The van der Waals surface area contributed by atoms with Crippen molar-refractivity contribution in [1.82, 2.24) is 4.98 Å². The van der Waals surface area contributed by atoms with E-state index in [1.165, 1.54) is 17.4 Å². The SMILES string of the molecule is NCc1cnc(-c2ccc(F)c(F)c2Br)s1. The summed E-state index contributed by atoms with van der Waals surface area (Å²) in [6.07, 6.45) is 1.63. The van der Waals surface area contributed by atoms with Crippen LogP contribution in [0.4, 0.5) is 8.78 Å². The third-order valence-electron chi connectivity index (χ3n) is 2.02. The van der Waals surface area contributed by atoms with Crippen molar-refractivity contribution in [3.63, 3.8) is 0 Å². The van der Waals surface area contributed by atoms with E-state index in [2.05, 4.69) is 20.9 Å².